The van der Waals surface area contributed by atoms with Crippen molar-refractivity contribution >= 4 is 0 Å². The highest BCUT2D eigenvalue weighted by atomic mass is 16.5. The fourth-order valence-electron chi connectivity index (χ4n) is 3.21. The Balaban J connectivity index is 2.25. The lowest BCUT2D eigenvalue weighted by atomic mass is 9.77. The number of benzene rings is 3. The highest BCUT2D eigenvalue weighted by molar-refractivity contribution is 5.50. The molecule has 0 aliphatic rings. The van der Waals surface area contributed by atoms with Gasteiger partial charge in [0, 0.05) is 0 Å². The van der Waals surface area contributed by atoms with Gasteiger partial charge in [0.25, 0.3) is 0 Å². The van der Waals surface area contributed by atoms with E-state index in [1.807, 2.05) is 48.5 Å². The fourth-order valence-corrected chi connectivity index (χ4v) is 3.21. The molecule has 0 spiro atoms. The summed E-state index contributed by atoms with van der Waals surface area (Å²) < 4.78 is 5.32. The zero-order chi connectivity index (χ0) is 17.5. The molecule has 3 aromatic carbocycles. The van der Waals surface area contributed by atoms with E-state index in [4.69, 9.17) is 11.2 Å². The van der Waals surface area contributed by atoms with E-state index in [1.165, 1.54) is 0 Å². The molecule has 3 rings (SSSR count). The Bertz CT molecular complexity index is 793. The molecule has 2 heteroatoms. The molecule has 0 aliphatic carbocycles. The molecule has 0 radical (unpaired) electrons. The van der Waals surface area contributed by atoms with Gasteiger partial charge in [-0.2, -0.15) is 0 Å². The Morgan fingerprint density at radius 3 is 1.72 bits per heavy atom. The van der Waals surface area contributed by atoms with Gasteiger partial charge >= 0.3 is 0 Å². The molecule has 25 heavy (non-hydrogen) atoms. The van der Waals surface area contributed by atoms with Gasteiger partial charge in [-0.05, 0) is 28.8 Å². The molecule has 0 amide bonds. The summed E-state index contributed by atoms with van der Waals surface area (Å²) in [6, 6.07) is 28.9. The summed E-state index contributed by atoms with van der Waals surface area (Å²) in [6.45, 7) is 0.454. The van der Waals surface area contributed by atoms with Gasteiger partial charge in [0.15, 0.2) is 0 Å². The molecule has 3 aromatic rings. The summed E-state index contributed by atoms with van der Waals surface area (Å²) in [4.78, 5) is 0. The van der Waals surface area contributed by atoms with Crippen LogP contribution < -0.4 is 10.1 Å². The van der Waals surface area contributed by atoms with Crippen molar-refractivity contribution in [3.63, 3.8) is 0 Å². The number of nitrogens with one attached hydrogen (secondary N) is 1. The van der Waals surface area contributed by atoms with Gasteiger partial charge in [-0.1, -0.05) is 78.7 Å². The quantitative estimate of drug-likeness (QED) is 0.541. The fraction of sp³-hybridized carbons (Fsp3) is 0.130. The van der Waals surface area contributed by atoms with Crippen LogP contribution in [0.3, 0.4) is 0 Å². The van der Waals surface area contributed by atoms with Gasteiger partial charge in [-0.25, -0.2) is 0 Å². The first kappa shape index (κ1) is 16.8. The van der Waals surface area contributed by atoms with Crippen molar-refractivity contribution in [2.75, 3.05) is 13.7 Å². The lowest BCUT2D eigenvalue weighted by molar-refractivity contribution is 0.414. The molecule has 0 saturated heterocycles. The average Bonchev–Trinajstić information content (AvgIpc) is 2.71. The first-order valence-electron chi connectivity index (χ1n) is 8.25. The van der Waals surface area contributed by atoms with Crippen molar-refractivity contribution in [3.8, 4) is 18.1 Å². The number of hydrogen-bond donors (Lipinski definition) is 1. The monoisotopic (exact) mass is 327 g/mol. The third-order valence-electron chi connectivity index (χ3n) is 4.39. The second kappa shape index (κ2) is 7.70. The average molecular weight is 327 g/mol. The third-order valence-corrected chi connectivity index (χ3v) is 4.39. The van der Waals surface area contributed by atoms with Crippen LogP contribution in [0.4, 0.5) is 0 Å². The Morgan fingerprint density at radius 2 is 1.28 bits per heavy atom. The van der Waals surface area contributed by atoms with E-state index in [1.54, 1.807) is 7.11 Å². The lowest BCUT2D eigenvalue weighted by Crippen LogP contribution is -2.44. The molecule has 0 unspecified atom stereocenters. The molecule has 2 nitrogen and oxygen atoms in total. The molecule has 0 aliphatic heterocycles. The zero-order valence-electron chi connectivity index (χ0n) is 14.3. The molecule has 0 bridgehead atoms. The minimum atomic E-state index is -0.527. The summed E-state index contributed by atoms with van der Waals surface area (Å²) in [5, 5.41) is 3.59. The number of methoxy groups -OCH3 is 1. The molecule has 0 aromatic heterocycles. The predicted octanol–water partition coefficient (Wildman–Crippen LogP) is 4.21. The first-order chi connectivity index (χ1) is 12.3. The van der Waals surface area contributed by atoms with Crippen molar-refractivity contribution in [1.82, 2.24) is 5.32 Å². The van der Waals surface area contributed by atoms with E-state index in [-0.39, 0.29) is 0 Å². The number of hydrogen-bond acceptors (Lipinski definition) is 2. The smallest absolute Gasteiger partial charge is 0.118 e. The van der Waals surface area contributed by atoms with Crippen molar-refractivity contribution in [2.45, 2.75) is 5.54 Å². The summed E-state index contributed by atoms with van der Waals surface area (Å²) in [5.74, 6) is 3.55. The van der Waals surface area contributed by atoms with E-state index in [0.29, 0.717) is 6.54 Å². The number of rotatable bonds is 6. The van der Waals surface area contributed by atoms with Gasteiger partial charge in [-0.3, -0.25) is 5.32 Å². The summed E-state index contributed by atoms with van der Waals surface area (Å²) in [5.41, 5.74) is 2.87. The summed E-state index contributed by atoms with van der Waals surface area (Å²) >= 11 is 0. The van der Waals surface area contributed by atoms with Crippen LogP contribution in [-0.4, -0.2) is 13.7 Å². The highest BCUT2D eigenvalue weighted by Gasteiger charge is 2.35. The highest BCUT2D eigenvalue weighted by Crippen LogP contribution is 2.37. The molecule has 1 N–H and O–H groups in total. The normalized spacial score (nSPS) is 10.9. The van der Waals surface area contributed by atoms with E-state index < -0.39 is 5.54 Å². The second-order valence-electron chi connectivity index (χ2n) is 5.77. The molecular weight excluding hydrogens is 306 g/mol. The van der Waals surface area contributed by atoms with Gasteiger partial charge in [-0.15, -0.1) is 6.42 Å². The van der Waals surface area contributed by atoms with E-state index >= 15 is 0 Å². The van der Waals surface area contributed by atoms with Crippen molar-refractivity contribution < 1.29 is 4.74 Å². The molecule has 0 saturated carbocycles. The summed E-state index contributed by atoms with van der Waals surface area (Å²) in [6.07, 6.45) is 5.58. The van der Waals surface area contributed by atoms with Crippen LogP contribution in [0.15, 0.2) is 84.9 Å². The van der Waals surface area contributed by atoms with Gasteiger partial charge in [0.1, 0.15) is 5.75 Å². The maximum absolute atomic E-state index is 5.58. The molecule has 0 heterocycles. The standard InChI is InChI=1S/C23H21NO/c1-3-18-24-23(19-10-6-4-7-11-19,20-12-8-5-9-13-20)21-14-16-22(25-2)17-15-21/h1,4-17,24H,18H2,2H3. The summed E-state index contributed by atoms with van der Waals surface area (Å²) in [7, 11) is 1.67. The minimum absolute atomic E-state index is 0.454. The third kappa shape index (κ3) is 3.28. The lowest BCUT2D eigenvalue weighted by Gasteiger charge is -2.36. The van der Waals surface area contributed by atoms with Gasteiger partial charge in [0.05, 0.1) is 19.2 Å². The Morgan fingerprint density at radius 1 is 0.800 bits per heavy atom. The SMILES string of the molecule is C#CCNC(c1ccccc1)(c1ccccc1)c1ccc(OC)cc1. The van der Waals surface area contributed by atoms with Crippen LogP contribution in [0.25, 0.3) is 0 Å². The van der Waals surface area contributed by atoms with Gasteiger partial charge < -0.3 is 4.74 Å². The Labute approximate surface area is 149 Å². The largest absolute Gasteiger partial charge is 0.497 e. The van der Waals surface area contributed by atoms with Gasteiger partial charge in [0.2, 0.25) is 0 Å². The van der Waals surface area contributed by atoms with Crippen LogP contribution in [0.1, 0.15) is 16.7 Å². The van der Waals surface area contributed by atoms with Crippen LogP contribution in [0.2, 0.25) is 0 Å². The molecule has 0 atom stereocenters. The maximum atomic E-state index is 5.58. The van der Waals surface area contributed by atoms with Crippen LogP contribution in [-0.2, 0) is 5.54 Å². The van der Waals surface area contributed by atoms with Crippen molar-refractivity contribution in [2.24, 2.45) is 0 Å². The first-order valence-corrected chi connectivity index (χ1v) is 8.25. The van der Waals surface area contributed by atoms with Crippen molar-refractivity contribution in [1.29, 1.82) is 0 Å². The maximum Gasteiger partial charge on any atom is 0.118 e. The Kier molecular flexibility index (Phi) is 5.18. The minimum Gasteiger partial charge on any atom is -0.497 e. The van der Waals surface area contributed by atoms with Crippen LogP contribution in [0, 0.1) is 12.3 Å². The van der Waals surface area contributed by atoms with Crippen LogP contribution >= 0.6 is 0 Å². The van der Waals surface area contributed by atoms with Crippen molar-refractivity contribution in [3.05, 3.63) is 102 Å². The van der Waals surface area contributed by atoms with E-state index in [2.05, 4.69) is 47.6 Å². The molecular formula is C23H21NO. The molecule has 0 fully saturated rings. The zero-order valence-corrected chi connectivity index (χ0v) is 14.3. The molecule has 124 valence electrons. The topological polar surface area (TPSA) is 21.3 Å². The number of ether oxygens (including phenoxy) is 1. The van der Waals surface area contributed by atoms with Crippen LogP contribution in [0.5, 0.6) is 5.75 Å². The Hall–Kier alpha value is -3.02. The van der Waals surface area contributed by atoms with E-state index in [0.717, 1.165) is 22.4 Å². The van der Waals surface area contributed by atoms with E-state index in [9.17, 15) is 0 Å². The predicted molar refractivity (Wildman–Crippen MR) is 103 cm³/mol. The second-order valence-corrected chi connectivity index (χ2v) is 5.77. The number of terminal acetylenes is 1.